The highest BCUT2D eigenvalue weighted by atomic mass is 35.5. The summed E-state index contributed by atoms with van der Waals surface area (Å²) in [6, 6.07) is 7.85. The molecule has 0 bridgehead atoms. The van der Waals surface area contributed by atoms with E-state index in [-0.39, 0.29) is 36.1 Å². The van der Waals surface area contributed by atoms with Gasteiger partial charge in [0, 0.05) is 31.7 Å². The summed E-state index contributed by atoms with van der Waals surface area (Å²) in [5.41, 5.74) is 0.710. The summed E-state index contributed by atoms with van der Waals surface area (Å²) in [4.78, 5) is 1.97. The second kappa shape index (κ2) is 10.2. The van der Waals surface area contributed by atoms with Crippen LogP contribution in [0, 0.1) is 11.6 Å². The van der Waals surface area contributed by atoms with Gasteiger partial charge in [0.15, 0.2) is 0 Å². The van der Waals surface area contributed by atoms with Crippen molar-refractivity contribution in [2.45, 2.75) is 12.4 Å². The van der Waals surface area contributed by atoms with E-state index in [1.165, 1.54) is 24.3 Å². The fourth-order valence-electron chi connectivity index (χ4n) is 3.10. The van der Waals surface area contributed by atoms with E-state index < -0.39 is 24.0 Å². The minimum atomic E-state index is -4.78. The van der Waals surface area contributed by atoms with Gasteiger partial charge in [0.1, 0.15) is 17.4 Å². The van der Waals surface area contributed by atoms with Crippen LogP contribution in [0.5, 0.6) is 5.75 Å². The lowest BCUT2D eigenvalue weighted by Gasteiger charge is -2.35. The molecule has 3 rings (SSSR count). The van der Waals surface area contributed by atoms with Gasteiger partial charge in [-0.2, -0.15) is 0 Å². The van der Waals surface area contributed by atoms with Crippen LogP contribution < -0.4 is 10.1 Å². The zero-order chi connectivity index (χ0) is 18.7. The maximum absolute atomic E-state index is 14.4. The SMILES string of the molecule is Cl.Cl.Fc1ccc(F)c([C@H](c2ccc(OC(F)(F)F)cc2)N2CCNCC2)c1. The summed E-state index contributed by atoms with van der Waals surface area (Å²) in [7, 11) is 0. The Kier molecular flexibility index (Phi) is 8.94. The highest BCUT2D eigenvalue weighted by molar-refractivity contribution is 5.85. The normalized spacial score (nSPS) is 15.9. The Labute approximate surface area is 171 Å². The Morgan fingerprint density at radius 2 is 1.54 bits per heavy atom. The first kappa shape index (κ1) is 24.4. The topological polar surface area (TPSA) is 24.5 Å². The molecule has 1 aliphatic rings. The van der Waals surface area contributed by atoms with Crippen molar-refractivity contribution in [1.82, 2.24) is 10.2 Å². The first-order valence-corrected chi connectivity index (χ1v) is 8.09. The Hall–Kier alpha value is -1.61. The highest BCUT2D eigenvalue weighted by Gasteiger charge is 2.31. The third kappa shape index (κ3) is 6.20. The fraction of sp³-hybridized carbons (Fsp3) is 0.333. The molecule has 0 aliphatic carbocycles. The van der Waals surface area contributed by atoms with E-state index in [0.29, 0.717) is 31.7 Å². The van der Waals surface area contributed by atoms with E-state index in [2.05, 4.69) is 10.1 Å². The lowest BCUT2D eigenvalue weighted by atomic mass is 9.95. The quantitative estimate of drug-likeness (QED) is 0.691. The van der Waals surface area contributed by atoms with Crippen LogP contribution in [0.25, 0.3) is 0 Å². The third-order valence-electron chi connectivity index (χ3n) is 4.20. The zero-order valence-electron chi connectivity index (χ0n) is 14.5. The average molecular weight is 445 g/mol. The summed E-state index contributed by atoms with van der Waals surface area (Å²) < 4.78 is 68.9. The van der Waals surface area contributed by atoms with E-state index in [0.717, 1.165) is 18.2 Å². The van der Waals surface area contributed by atoms with Crippen LogP contribution in [0.4, 0.5) is 22.0 Å². The molecule has 0 saturated carbocycles. The summed E-state index contributed by atoms with van der Waals surface area (Å²) in [6.45, 7) is 2.56. The second-order valence-electron chi connectivity index (χ2n) is 5.97. The number of ether oxygens (including phenoxy) is 1. The maximum atomic E-state index is 14.4. The first-order chi connectivity index (χ1) is 12.3. The molecule has 1 N–H and O–H groups in total. The molecule has 0 aromatic heterocycles. The molecule has 3 nitrogen and oxygen atoms in total. The highest BCUT2D eigenvalue weighted by Crippen LogP contribution is 2.33. The Morgan fingerprint density at radius 3 is 2.11 bits per heavy atom. The van der Waals surface area contributed by atoms with Crippen molar-refractivity contribution in [2.75, 3.05) is 26.2 Å². The van der Waals surface area contributed by atoms with Crippen molar-refractivity contribution in [2.24, 2.45) is 0 Å². The van der Waals surface area contributed by atoms with Crippen LogP contribution in [-0.2, 0) is 0 Å². The van der Waals surface area contributed by atoms with Gasteiger partial charge in [0.2, 0.25) is 0 Å². The molecule has 1 fully saturated rings. The molecule has 1 saturated heterocycles. The number of benzene rings is 2. The van der Waals surface area contributed by atoms with Crippen LogP contribution in [0.1, 0.15) is 17.2 Å². The van der Waals surface area contributed by atoms with Gasteiger partial charge in [-0.25, -0.2) is 8.78 Å². The molecule has 0 radical (unpaired) electrons. The summed E-state index contributed by atoms with van der Waals surface area (Å²) in [6.07, 6.45) is -4.78. The predicted molar refractivity (Wildman–Crippen MR) is 100 cm³/mol. The average Bonchev–Trinajstić information content (AvgIpc) is 2.59. The van der Waals surface area contributed by atoms with Gasteiger partial charge in [-0.05, 0) is 35.9 Å². The van der Waals surface area contributed by atoms with Gasteiger partial charge in [0.05, 0.1) is 6.04 Å². The molecule has 0 amide bonds. The third-order valence-corrected chi connectivity index (χ3v) is 4.20. The van der Waals surface area contributed by atoms with E-state index in [4.69, 9.17) is 0 Å². The van der Waals surface area contributed by atoms with Crippen molar-refractivity contribution in [1.29, 1.82) is 0 Å². The largest absolute Gasteiger partial charge is 0.573 e. The lowest BCUT2D eigenvalue weighted by molar-refractivity contribution is -0.274. The number of hydrogen-bond donors (Lipinski definition) is 1. The second-order valence-corrected chi connectivity index (χ2v) is 5.97. The van der Waals surface area contributed by atoms with Crippen LogP contribution in [0.3, 0.4) is 0 Å². The summed E-state index contributed by atoms with van der Waals surface area (Å²) in [5.74, 6) is -1.50. The molecule has 10 heteroatoms. The van der Waals surface area contributed by atoms with Gasteiger partial charge in [-0.15, -0.1) is 38.0 Å². The number of alkyl halides is 3. The molecular formula is C18H19Cl2F5N2O. The molecule has 0 spiro atoms. The van der Waals surface area contributed by atoms with Crippen LogP contribution in [-0.4, -0.2) is 37.4 Å². The van der Waals surface area contributed by atoms with Crippen LogP contribution in [0.2, 0.25) is 0 Å². The number of piperazine rings is 1. The van der Waals surface area contributed by atoms with Crippen molar-refractivity contribution in [3.8, 4) is 5.75 Å². The number of hydrogen-bond acceptors (Lipinski definition) is 3. The van der Waals surface area contributed by atoms with Crippen molar-refractivity contribution in [3.63, 3.8) is 0 Å². The van der Waals surface area contributed by atoms with E-state index >= 15 is 0 Å². The number of halogens is 7. The maximum Gasteiger partial charge on any atom is 0.573 e. The van der Waals surface area contributed by atoms with Crippen molar-refractivity contribution >= 4 is 24.8 Å². The van der Waals surface area contributed by atoms with Crippen LogP contribution in [0.15, 0.2) is 42.5 Å². The van der Waals surface area contributed by atoms with Crippen molar-refractivity contribution < 1.29 is 26.7 Å². The van der Waals surface area contributed by atoms with Gasteiger partial charge in [-0.1, -0.05) is 12.1 Å². The number of nitrogens with one attached hydrogen (secondary N) is 1. The molecule has 2 aromatic carbocycles. The number of nitrogens with zero attached hydrogens (tertiary/aromatic N) is 1. The molecule has 1 atom stereocenters. The Bertz CT molecular complexity index is 753. The molecule has 2 aromatic rings. The van der Waals surface area contributed by atoms with Gasteiger partial charge >= 0.3 is 6.36 Å². The summed E-state index contributed by atoms with van der Waals surface area (Å²) >= 11 is 0. The molecule has 1 heterocycles. The van der Waals surface area contributed by atoms with Gasteiger partial charge in [-0.3, -0.25) is 4.90 Å². The molecule has 1 aliphatic heterocycles. The minimum absolute atomic E-state index is 0. The molecule has 0 unspecified atom stereocenters. The monoisotopic (exact) mass is 444 g/mol. The van der Waals surface area contributed by atoms with Gasteiger partial charge < -0.3 is 10.1 Å². The summed E-state index contributed by atoms with van der Waals surface area (Å²) in [5, 5.41) is 3.18. The van der Waals surface area contributed by atoms with E-state index in [1.807, 2.05) is 4.90 Å². The molecule has 28 heavy (non-hydrogen) atoms. The molecular weight excluding hydrogens is 426 g/mol. The fourth-order valence-corrected chi connectivity index (χ4v) is 3.10. The van der Waals surface area contributed by atoms with Crippen molar-refractivity contribution in [3.05, 3.63) is 65.2 Å². The minimum Gasteiger partial charge on any atom is -0.406 e. The van der Waals surface area contributed by atoms with Crippen LogP contribution >= 0.6 is 24.8 Å². The standard InChI is InChI=1S/C18H17F5N2O.2ClH/c19-13-3-6-16(20)15(11-13)17(25-9-7-24-8-10-25)12-1-4-14(5-2-12)26-18(21,22)23;;/h1-6,11,17,24H,7-10H2;2*1H/t17-;;/m0../s1. The smallest absolute Gasteiger partial charge is 0.406 e. The van der Waals surface area contributed by atoms with E-state index in [1.54, 1.807) is 0 Å². The number of rotatable bonds is 4. The van der Waals surface area contributed by atoms with E-state index in [9.17, 15) is 22.0 Å². The molecule has 156 valence electrons. The predicted octanol–water partition coefficient (Wildman–Crippen LogP) is 4.70. The Morgan fingerprint density at radius 1 is 0.929 bits per heavy atom. The first-order valence-electron chi connectivity index (χ1n) is 8.09. The van der Waals surface area contributed by atoms with Gasteiger partial charge in [0.25, 0.3) is 0 Å². The lowest BCUT2D eigenvalue weighted by Crippen LogP contribution is -2.45. The Balaban J connectivity index is 0.00000196. The zero-order valence-corrected chi connectivity index (χ0v) is 16.1.